The molecule has 0 aliphatic heterocycles. The van der Waals surface area contributed by atoms with Gasteiger partial charge in [-0.3, -0.25) is 0 Å². The molecule has 1 heterocycles. The Hall–Kier alpha value is -0.650. The fourth-order valence-corrected chi connectivity index (χ4v) is 2.89. The van der Waals surface area contributed by atoms with Gasteiger partial charge in [-0.2, -0.15) is 0 Å². The SMILES string of the molecule is CCCc1nc(N(C)CCOC(C)C)sc1CNC. The highest BCUT2D eigenvalue weighted by atomic mass is 32.1. The third-order valence-electron chi connectivity index (χ3n) is 2.80. The number of likely N-dealkylation sites (N-methyl/N-ethyl adjacent to an activating group) is 1. The Labute approximate surface area is 121 Å². The highest BCUT2D eigenvalue weighted by Crippen LogP contribution is 2.26. The van der Waals surface area contributed by atoms with Gasteiger partial charge in [-0.25, -0.2) is 4.98 Å². The van der Waals surface area contributed by atoms with Crippen molar-refractivity contribution >= 4 is 16.5 Å². The number of nitrogens with zero attached hydrogens (tertiary/aromatic N) is 2. The quantitative estimate of drug-likeness (QED) is 0.757. The minimum Gasteiger partial charge on any atom is -0.377 e. The molecule has 0 radical (unpaired) electrons. The van der Waals surface area contributed by atoms with E-state index in [4.69, 9.17) is 9.72 Å². The van der Waals surface area contributed by atoms with E-state index in [0.29, 0.717) is 6.10 Å². The number of nitrogens with one attached hydrogen (secondary N) is 1. The van der Waals surface area contributed by atoms with Crippen molar-refractivity contribution < 1.29 is 4.74 Å². The van der Waals surface area contributed by atoms with Gasteiger partial charge in [0.15, 0.2) is 5.13 Å². The highest BCUT2D eigenvalue weighted by molar-refractivity contribution is 7.15. The number of anilines is 1. The van der Waals surface area contributed by atoms with E-state index in [1.54, 1.807) is 11.3 Å². The molecule has 0 saturated carbocycles. The number of hydrogen-bond donors (Lipinski definition) is 1. The largest absolute Gasteiger partial charge is 0.377 e. The fourth-order valence-electron chi connectivity index (χ4n) is 1.78. The zero-order valence-electron chi connectivity index (χ0n) is 12.8. The molecule has 0 unspecified atom stereocenters. The number of thiazole rings is 1. The van der Waals surface area contributed by atoms with Crippen LogP contribution in [0.3, 0.4) is 0 Å². The summed E-state index contributed by atoms with van der Waals surface area (Å²) in [4.78, 5) is 8.31. The normalized spacial score (nSPS) is 11.3. The summed E-state index contributed by atoms with van der Waals surface area (Å²) in [5, 5.41) is 4.32. The standard InChI is InChI=1S/C14H27N3OS/c1-6-7-12-13(10-15-4)19-14(16-12)17(5)8-9-18-11(2)3/h11,15H,6-10H2,1-5H3. The summed E-state index contributed by atoms with van der Waals surface area (Å²) in [6, 6.07) is 0. The van der Waals surface area contributed by atoms with E-state index in [1.807, 2.05) is 7.05 Å². The van der Waals surface area contributed by atoms with Gasteiger partial charge in [0.2, 0.25) is 0 Å². The monoisotopic (exact) mass is 285 g/mol. The van der Waals surface area contributed by atoms with E-state index in [2.05, 4.69) is 38.0 Å². The van der Waals surface area contributed by atoms with Gasteiger partial charge >= 0.3 is 0 Å². The molecule has 0 spiro atoms. The predicted molar refractivity (Wildman–Crippen MR) is 83.2 cm³/mol. The zero-order valence-corrected chi connectivity index (χ0v) is 13.6. The average molecular weight is 285 g/mol. The predicted octanol–water partition coefficient (Wildman–Crippen LogP) is 2.68. The van der Waals surface area contributed by atoms with Crippen molar-refractivity contribution in [3.05, 3.63) is 10.6 Å². The average Bonchev–Trinajstić information content (AvgIpc) is 2.73. The van der Waals surface area contributed by atoms with Gasteiger partial charge in [-0.15, -0.1) is 11.3 Å². The van der Waals surface area contributed by atoms with E-state index >= 15 is 0 Å². The summed E-state index contributed by atoms with van der Waals surface area (Å²) >= 11 is 1.79. The molecule has 1 aromatic heterocycles. The lowest BCUT2D eigenvalue weighted by Gasteiger charge is -2.16. The van der Waals surface area contributed by atoms with Gasteiger partial charge in [0.25, 0.3) is 0 Å². The number of hydrogen-bond acceptors (Lipinski definition) is 5. The molecule has 1 aromatic rings. The Balaban J connectivity index is 2.63. The minimum absolute atomic E-state index is 0.292. The van der Waals surface area contributed by atoms with Crippen molar-refractivity contribution in [2.75, 3.05) is 32.1 Å². The minimum atomic E-state index is 0.292. The molecule has 19 heavy (non-hydrogen) atoms. The van der Waals surface area contributed by atoms with Crippen LogP contribution in [0.15, 0.2) is 0 Å². The molecule has 1 N–H and O–H groups in total. The summed E-state index contributed by atoms with van der Waals surface area (Å²) < 4.78 is 5.59. The smallest absolute Gasteiger partial charge is 0.185 e. The maximum Gasteiger partial charge on any atom is 0.185 e. The van der Waals surface area contributed by atoms with Crippen molar-refractivity contribution in [2.45, 2.75) is 46.3 Å². The second-order valence-corrected chi connectivity index (χ2v) is 6.05. The Kier molecular flexibility index (Phi) is 7.34. The Morgan fingerprint density at radius 3 is 2.74 bits per heavy atom. The molecule has 1 rings (SSSR count). The Bertz CT molecular complexity index is 342. The van der Waals surface area contributed by atoms with Crippen LogP contribution < -0.4 is 10.2 Å². The second-order valence-electron chi connectivity index (χ2n) is 4.99. The lowest BCUT2D eigenvalue weighted by Crippen LogP contribution is -2.23. The molecule has 0 fully saturated rings. The van der Waals surface area contributed by atoms with Crippen LogP contribution in [-0.4, -0.2) is 38.3 Å². The second kappa shape index (κ2) is 8.51. The molecule has 4 nitrogen and oxygen atoms in total. The lowest BCUT2D eigenvalue weighted by molar-refractivity contribution is 0.0846. The Morgan fingerprint density at radius 1 is 1.42 bits per heavy atom. The van der Waals surface area contributed by atoms with Crippen molar-refractivity contribution in [1.29, 1.82) is 0 Å². The van der Waals surface area contributed by atoms with Crippen molar-refractivity contribution in [3.8, 4) is 0 Å². The van der Waals surface area contributed by atoms with Crippen molar-refractivity contribution in [3.63, 3.8) is 0 Å². The van der Waals surface area contributed by atoms with Gasteiger partial charge in [0.05, 0.1) is 18.4 Å². The van der Waals surface area contributed by atoms with E-state index in [1.165, 1.54) is 10.6 Å². The van der Waals surface area contributed by atoms with Gasteiger partial charge in [-0.1, -0.05) is 13.3 Å². The third kappa shape index (κ3) is 5.47. The van der Waals surface area contributed by atoms with Crippen LogP contribution in [0.25, 0.3) is 0 Å². The fraction of sp³-hybridized carbons (Fsp3) is 0.786. The molecule has 0 bridgehead atoms. The first-order valence-electron chi connectivity index (χ1n) is 7.04. The van der Waals surface area contributed by atoms with Gasteiger partial charge in [0.1, 0.15) is 0 Å². The topological polar surface area (TPSA) is 37.4 Å². The number of aryl methyl sites for hydroxylation is 1. The molecule has 0 aliphatic rings. The van der Waals surface area contributed by atoms with Crippen LogP contribution in [0.2, 0.25) is 0 Å². The Morgan fingerprint density at radius 2 is 2.16 bits per heavy atom. The van der Waals surface area contributed by atoms with E-state index in [-0.39, 0.29) is 0 Å². The number of aromatic nitrogens is 1. The van der Waals surface area contributed by atoms with Gasteiger partial charge in [-0.05, 0) is 27.3 Å². The summed E-state index contributed by atoms with van der Waals surface area (Å²) in [6.07, 6.45) is 2.49. The highest BCUT2D eigenvalue weighted by Gasteiger charge is 2.13. The van der Waals surface area contributed by atoms with Crippen LogP contribution in [0.5, 0.6) is 0 Å². The molecule has 0 aliphatic carbocycles. The third-order valence-corrected chi connectivity index (χ3v) is 4.01. The maximum atomic E-state index is 5.59. The van der Waals surface area contributed by atoms with Crippen molar-refractivity contribution in [2.24, 2.45) is 0 Å². The van der Waals surface area contributed by atoms with Crippen LogP contribution >= 0.6 is 11.3 Å². The van der Waals surface area contributed by atoms with Crippen LogP contribution in [0.1, 0.15) is 37.8 Å². The van der Waals surface area contributed by atoms with E-state index < -0.39 is 0 Å². The van der Waals surface area contributed by atoms with Crippen molar-refractivity contribution in [1.82, 2.24) is 10.3 Å². The first kappa shape index (κ1) is 16.4. The summed E-state index contributed by atoms with van der Waals surface area (Å²) in [6.45, 7) is 8.86. The molecule has 0 amide bonds. The van der Waals surface area contributed by atoms with Gasteiger partial charge < -0.3 is 15.0 Å². The molecule has 0 aromatic carbocycles. The zero-order chi connectivity index (χ0) is 14.3. The van der Waals surface area contributed by atoms with Gasteiger partial charge in [0, 0.05) is 25.0 Å². The summed E-state index contributed by atoms with van der Waals surface area (Å²) in [5.41, 5.74) is 1.24. The molecule has 5 heteroatoms. The molecule has 0 saturated heterocycles. The maximum absolute atomic E-state index is 5.59. The number of rotatable bonds is 9. The molecule has 110 valence electrons. The molecule has 0 atom stereocenters. The van der Waals surface area contributed by atoms with E-state index in [0.717, 1.165) is 37.7 Å². The lowest BCUT2D eigenvalue weighted by atomic mass is 10.2. The van der Waals surface area contributed by atoms with E-state index in [9.17, 15) is 0 Å². The number of ether oxygens (including phenoxy) is 1. The molecular formula is C14H27N3OS. The summed E-state index contributed by atoms with van der Waals surface area (Å²) in [5.74, 6) is 0. The molecular weight excluding hydrogens is 258 g/mol. The van der Waals surface area contributed by atoms with Crippen LogP contribution in [0.4, 0.5) is 5.13 Å². The first-order chi connectivity index (χ1) is 9.08. The summed E-state index contributed by atoms with van der Waals surface area (Å²) in [7, 11) is 4.07. The first-order valence-corrected chi connectivity index (χ1v) is 7.86. The van der Waals surface area contributed by atoms with Crippen LogP contribution in [0, 0.1) is 0 Å². The van der Waals surface area contributed by atoms with Crippen LogP contribution in [-0.2, 0) is 17.7 Å².